The monoisotopic (exact) mass is 268 g/mol. The Bertz CT molecular complexity index is 481. The summed E-state index contributed by atoms with van der Waals surface area (Å²) in [6, 6.07) is 2.88. The zero-order valence-corrected chi connectivity index (χ0v) is 10.6. The third-order valence-electron chi connectivity index (χ3n) is 3.51. The van der Waals surface area contributed by atoms with Gasteiger partial charge in [0.25, 0.3) is 0 Å². The molecule has 1 aliphatic rings. The molecule has 0 aliphatic carbocycles. The van der Waals surface area contributed by atoms with E-state index in [0.29, 0.717) is 25.2 Å². The standard InChI is InChI=1S/C13H17FN2O3/c1-8(10-3-2-9(14)6-12(10)17)16-5-4-15-7-11(16)13(18)19/h2-3,6,8,11,15,17H,4-5,7H2,1H3,(H,18,19). The average molecular weight is 268 g/mol. The van der Waals surface area contributed by atoms with Crippen LogP contribution in [0.25, 0.3) is 0 Å². The second kappa shape index (κ2) is 5.54. The third-order valence-corrected chi connectivity index (χ3v) is 3.51. The van der Waals surface area contributed by atoms with Gasteiger partial charge in [-0.25, -0.2) is 4.39 Å². The maximum atomic E-state index is 13.0. The van der Waals surface area contributed by atoms with Gasteiger partial charge >= 0.3 is 5.97 Å². The van der Waals surface area contributed by atoms with Crippen LogP contribution in [0.5, 0.6) is 5.75 Å². The van der Waals surface area contributed by atoms with Crippen molar-refractivity contribution in [2.45, 2.75) is 19.0 Å². The van der Waals surface area contributed by atoms with Crippen LogP contribution in [0.15, 0.2) is 18.2 Å². The number of halogens is 1. The number of phenolic OH excluding ortho intramolecular Hbond substituents is 1. The Morgan fingerprint density at radius 3 is 2.95 bits per heavy atom. The molecule has 1 aliphatic heterocycles. The van der Waals surface area contributed by atoms with Gasteiger partial charge in [0, 0.05) is 37.3 Å². The lowest BCUT2D eigenvalue weighted by molar-refractivity contribution is -0.145. The van der Waals surface area contributed by atoms with Crippen molar-refractivity contribution in [2.24, 2.45) is 0 Å². The van der Waals surface area contributed by atoms with Gasteiger partial charge in [-0.1, -0.05) is 6.07 Å². The van der Waals surface area contributed by atoms with E-state index in [1.807, 2.05) is 6.92 Å². The van der Waals surface area contributed by atoms with Crippen molar-refractivity contribution in [3.8, 4) is 5.75 Å². The van der Waals surface area contributed by atoms with Gasteiger partial charge in [-0.05, 0) is 13.0 Å². The molecule has 1 fully saturated rings. The number of carboxylic acid groups (broad SMARTS) is 1. The first-order valence-electron chi connectivity index (χ1n) is 6.18. The summed E-state index contributed by atoms with van der Waals surface area (Å²) in [5.41, 5.74) is 0.537. The summed E-state index contributed by atoms with van der Waals surface area (Å²) >= 11 is 0. The number of hydrogen-bond acceptors (Lipinski definition) is 4. The number of nitrogens with one attached hydrogen (secondary N) is 1. The molecule has 19 heavy (non-hydrogen) atoms. The Hall–Kier alpha value is -1.66. The smallest absolute Gasteiger partial charge is 0.322 e. The van der Waals surface area contributed by atoms with Crippen LogP contribution in [0, 0.1) is 5.82 Å². The SMILES string of the molecule is CC(c1ccc(F)cc1O)N1CCNCC1C(=O)O. The number of carbonyl (C=O) groups is 1. The largest absolute Gasteiger partial charge is 0.508 e. The van der Waals surface area contributed by atoms with Gasteiger partial charge in [0.1, 0.15) is 17.6 Å². The van der Waals surface area contributed by atoms with Crippen LogP contribution in [-0.4, -0.2) is 46.8 Å². The molecule has 0 spiro atoms. The fourth-order valence-electron chi connectivity index (χ4n) is 2.46. The molecule has 3 N–H and O–H groups in total. The number of phenols is 1. The second-order valence-electron chi connectivity index (χ2n) is 4.68. The highest BCUT2D eigenvalue weighted by atomic mass is 19.1. The van der Waals surface area contributed by atoms with Gasteiger partial charge in [-0.15, -0.1) is 0 Å². The molecular formula is C13H17FN2O3. The van der Waals surface area contributed by atoms with Gasteiger partial charge in [0.05, 0.1) is 0 Å². The first-order valence-corrected chi connectivity index (χ1v) is 6.18. The number of nitrogens with zero attached hydrogens (tertiary/aromatic N) is 1. The number of carboxylic acids is 1. The topological polar surface area (TPSA) is 72.8 Å². The van der Waals surface area contributed by atoms with E-state index >= 15 is 0 Å². The number of aromatic hydroxyl groups is 1. The van der Waals surface area contributed by atoms with Crippen molar-refractivity contribution >= 4 is 5.97 Å². The zero-order valence-electron chi connectivity index (χ0n) is 10.6. The highest BCUT2D eigenvalue weighted by Crippen LogP contribution is 2.30. The summed E-state index contributed by atoms with van der Waals surface area (Å²) in [6.07, 6.45) is 0. The molecule has 2 unspecified atom stereocenters. The van der Waals surface area contributed by atoms with E-state index in [4.69, 9.17) is 0 Å². The summed E-state index contributed by atoms with van der Waals surface area (Å²) in [4.78, 5) is 13.0. The predicted molar refractivity (Wildman–Crippen MR) is 67.5 cm³/mol. The Morgan fingerprint density at radius 1 is 1.58 bits per heavy atom. The van der Waals surface area contributed by atoms with E-state index in [-0.39, 0.29) is 11.8 Å². The van der Waals surface area contributed by atoms with Gasteiger partial charge in [0.15, 0.2) is 0 Å². The van der Waals surface area contributed by atoms with Crippen molar-refractivity contribution in [3.63, 3.8) is 0 Å². The highest BCUT2D eigenvalue weighted by molar-refractivity contribution is 5.74. The zero-order chi connectivity index (χ0) is 14.0. The van der Waals surface area contributed by atoms with Crippen molar-refractivity contribution < 1.29 is 19.4 Å². The quantitative estimate of drug-likeness (QED) is 0.761. The lowest BCUT2D eigenvalue weighted by Crippen LogP contribution is -2.55. The minimum absolute atomic E-state index is 0.143. The lowest BCUT2D eigenvalue weighted by Gasteiger charge is -2.38. The Balaban J connectivity index is 2.25. The summed E-state index contributed by atoms with van der Waals surface area (Å²) in [5.74, 6) is -1.56. The molecule has 0 saturated carbocycles. The van der Waals surface area contributed by atoms with Crippen molar-refractivity contribution in [2.75, 3.05) is 19.6 Å². The van der Waals surface area contributed by atoms with E-state index in [2.05, 4.69) is 5.32 Å². The first-order chi connectivity index (χ1) is 9.00. The van der Waals surface area contributed by atoms with Crippen LogP contribution >= 0.6 is 0 Å². The molecule has 2 rings (SSSR count). The van der Waals surface area contributed by atoms with E-state index in [1.165, 1.54) is 12.1 Å². The summed E-state index contributed by atoms with van der Waals surface area (Å²) < 4.78 is 13.0. The van der Waals surface area contributed by atoms with Crippen LogP contribution in [0.2, 0.25) is 0 Å². The molecule has 1 aromatic rings. The number of hydrogen-bond donors (Lipinski definition) is 3. The van der Waals surface area contributed by atoms with E-state index < -0.39 is 17.8 Å². The average Bonchev–Trinajstić information content (AvgIpc) is 2.38. The molecule has 5 nitrogen and oxygen atoms in total. The summed E-state index contributed by atoms with van der Waals surface area (Å²) in [5, 5.41) is 22.0. The molecule has 1 aromatic carbocycles. The summed E-state index contributed by atoms with van der Waals surface area (Å²) in [6.45, 7) is 3.43. The molecule has 1 saturated heterocycles. The van der Waals surface area contributed by atoms with Crippen molar-refractivity contribution in [1.29, 1.82) is 0 Å². The minimum atomic E-state index is -0.902. The molecule has 1 heterocycles. The number of benzene rings is 1. The molecule has 0 amide bonds. The minimum Gasteiger partial charge on any atom is -0.508 e. The van der Waals surface area contributed by atoms with Gasteiger partial charge in [-0.2, -0.15) is 0 Å². The molecule has 0 bridgehead atoms. The normalized spacial score (nSPS) is 22.1. The van der Waals surface area contributed by atoms with Gasteiger partial charge < -0.3 is 15.5 Å². The molecule has 0 radical (unpaired) electrons. The Labute approximate surface area is 110 Å². The maximum Gasteiger partial charge on any atom is 0.322 e. The fraction of sp³-hybridized carbons (Fsp3) is 0.462. The van der Waals surface area contributed by atoms with Gasteiger partial charge in [-0.3, -0.25) is 9.69 Å². The molecule has 6 heteroatoms. The maximum absolute atomic E-state index is 13.0. The fourth-order valence-corrected chi connectivity index (χ4v) is 2.46. The molecule has 0 aromatic heterocycles. The van der Waals surface area contributed by atoms with Crippen molar-refractivity contribution in [1.82, 2.24) is 10.2 Å². The van der Waals surface area contributed by atoms with Crippen LogP contribution in [0.1, 0.15) is 18.5 Å². The van der Waals surface area contributed by atoms with Crippen LogP contribution in [0.4, 0.5) is 4.39 Å². The molecule has 104 valence electrons. The number of rotatable bonds is 3. The van der Waals surface area contributed by atoms with Crippen LogP contribution < -0.4 is 5.32 Å². The molecule has 2 atom stereocenters. The second-order valence-corrected chi connectivity index (χ2v) is 4.68. The summed E-state index contributed by atoms with van der Waals surface area (Å²) in [7, 11) is 0. The van der Waals surface area contributed by atoms with E-state index in [1.54, 1.807) is 4.90 Å². The first kappa shape index (κ1) is 13.8. The number of piperazine rings is 1. The highest BCUT2D eigenvalue weighted by Gasteiger charge is 2.32. The van der Waals surface area contributed by atoms with E-state index in [0.717, 1.165) is 6.07 Å². The van der Waals surface area contributed by atoms with Crippen LogP contribution in [-0.2, 0) is 4.79 Å². The van der Waals surface area contributed by atoms with E-state index in [9.17, 15) is 19.4 Å². The van der Waals surface area contributed by atoms with Crippen molar-refractivity contribution in [3.05, 3.63) is 29.6 Å². The van der Waals surface area contributed by atoms with Crippen LogP contribution in [0.3, 0.4) is 0 Å². The Morgan fingerprint density at radius 2 is 2.32 bits per heavy atom. The third kappa shape index (κ3) is 2.85. The predicted octanol–water partition coefficient (Wildman–Crippen LogP) is 0.951. The lowest BCUT2D eigenvalue weighted by atomic mass is 10.0. The number of aliphatic carboxylic acids is 1. The van der Waals surface area contributed by atoms with Gasteiger partial charge in [0.2, 0.25) is 0 Å². The Kier molecular flexibility index (Phi) is 4.01. The molecular weight excluding hydrogens is 251 g/mol.